The lowest BCUT2D eigenvalue weighted by atomic mass is 10.0. The van der Waals surface area contributed by atoms with Gasteiger partial charge in [0.05, 0.1) is 0 Å². The lowest BCUT2D eigenvalue weighted by Crippen LogP contribution is -2.05. The van der Waals surface area contributed by atoms with Crippen LogP contribution in [0.15, 0.2) is 16.1 Å². The molecule has 0 atom stereocenters. The zero-order chi connectivity index (χ0) is 10.3. The molecule has 0 aliphatic rings. The maximum absolute atomic E-state index is 11.2. The summed E-state index contributed by atoms with van der Waals surface area (Å²) in [4.78, 5) is 24.1. The molecule has 0 aliphatic heterocycles. The monoisotopic (exact) mass is 182 g/mol. The molecular weight excluding hydrogens is 168 g/mol. The Kier molecular flexibility index (Phi) is 5.68. The molecule has 0 aromatic rings. The van der Waals surface area contributed by atoms with Crippen molar-refractivity contribution in [1.29, 1.82) is 0 Å². The third-order valence-electron chi connectivity index (χ3n) is 1.79. The minimum Gasteiger partial charge on any atom is -0.330 e. The van der Waals surface area contributed by atoms with E-state index in [4.69, 9.17) is 5.73 Å². The zero-order valence-electron chi connectivity index (χ0n) is 7.96. The van der Waals surface area contributed by atoms with Crippen LogP contribution in [-0.4, -0.2) is 18.5 Å². The first-order valence-corrected chi connectivity index (χ1v) is 4.18. The van der Waals surface area contributed by atoms with Crippen LogP contribution in [-0.2, 0) is 9.59 Å². The molecule has 0 saturated heterocycles. The largest absolute Gasteiger partial charge is 0.330 e. The fraction of sp³-hybridized carbons (Fsp3) is 0.556. The molecule has 0 radical (unpaired) electrons. The fourth-order valence-electron chi connectivity index (χ4n) is 1.11. The Bertz CT molecular complexity index is 263. The van der Waals surface area contributed by atoms with E-state index in [1.165, 1.54) is 6.08 Å². The lowest BCUT2D eigenvalue weighted by Gasteiger charge is -2.04. The number of amides is 1. The van der Waals surface area contributed by atoms with E-state index in [0.717, 1.165) is 5.57 Å². The summed E-state index contributed by atoms with van der Waals surface area (Å²) in [6.07, 6.45) is 2.46. The molecular formula is C9H14N2O2. The predicted molar refractivity (Wildman–Crippen MR) is 49.8 cm³/mol. The number of carbonyl (C=O) groups is 1. The summed E-state index contributed by atoms with van der Waals surface area (Å²) in [6, 6.07) is 0. The van der Waals surface area contributed by atoms with E-state index in [2.05, 4.69) is 4.99 Å². The van der Waals surface area contributed by atoms with Crippen LogP contribution in [0.4, 0.5) is 0 Å². The van der Waals surface area contributed by atoms with Crippen molar-refractivity contribution in [2.45, 2.75) is 26.7 Å². The number of carbonyl (C=O) groups excluding carboxylic acids is 2. The Balaban J connectivity index is 4.75. The number of isocyanates is 1. The van der Waals surface area contributed by atoms with Crippen molar-refractivity contribution in [1.82, 2.24) is 0 Å². The van der Waals surface area contributed by atoms with E-state index in [9.17, 15) is 9.59 Å². The Morgan fingerprint density at radius 2 is 2.15 bits per heavy atom. The minimum absolute atomic E-state index is 0.493. The molecule has 0 bridgehead atoms. The number of nitrogens with zero attached hydrogens (tertiary/aromatic N) is 1. The molecule has 0 saturated carbocycles. The highest BCUT2D eigenvalue weighted by molar-refractivity contribution is 5.97. The van der Waals surface area contributed by atoms with Gasteiger partial charge in [-0.15, -0.1) is 4.99 Å². The summed E-state index contributed by atoms with van der Waals surface area (Å²) in [5.41, 5.74) is 6.80. The number of rotatable bonds is 4. The molecule has 4 nitrogen and oxygen atoms in total. The van der Waals surface area contributed by atoms with Crippen LogP contribution >= 0.6 is 0 Å². The number of nitrogens with two attached hydrogens (primary N) is 1. The van der Waals surface area contributed by atoms with Crippen LogP contribution in [0.2, 0.25) is 0 Å². The second-order valence-corrected chi connectivity index (χ2v) is 2.66. The van der Waals surface area contributed by atoms with E-state index in [1.807, 2.05) is 13.8 Å². The Morgan fingerprint density at radius 1 is 1.54 bits per heavy atom. The van der Waals surface area contributed by atoms with Crippen LogP contribution < -0.4 is 5.73 Å². The zero-order valence-corrected chi connectivity index (χ0v) is 7.96. The van der Waals surface area contributed by atoms with E-state index >= 15 is 0 Å². The second kappa shape index (κ2) is 6.29. The maximum atomic E-state index is 11.2. The Hall–Kier alpha value is -1.25. The summed E-state index contributed by atoms with van der Waals surface area (Å²) < 4.78 is 0. The number of hydrogen-bond acceptors (Lipinski definition) is 3. The molecule has 0 spiro atoms. The quantitative estimate of drug-likeness (QED) is 0.399. The highest BCUT2D eigenvalue weighted by Crippen LogP contribution is 2.12. The van der Waals surface area contributed by atoms with Crippen LogP contribution in [0.5, 0.6) is 0 Å². The van der Waals surface area contributed by atoms with Crippen molar-refractivity contribution in [3.8, 4) is 0 Å². The third kappa shape index (κ3) is 3.78. The SMILES string of the molecule is CCC(C(=O)N=C=O)=C(C)CCN. The van der Waals surface area contributed by atoms with Crippen LogP contribution in [0, 0.1) is 0 Å². The van der Waals surface area contributed by atoms with E-state index in [-0.39, 0.29) is 0 Å². The van der Waals surface area contributed by atoms with Crippen molar-refractivity contribution in [2.75, 3.05) is 6.54 Å². The summed E-state index contributed by atoms with van der Waals surface area (Å²) in [5.74, 6) is -0.497. The Labute approximate surface area is 77.5 Å². The minimum atomic E-state index is -0.497. The molecule has 4 heteroatoms. The summed E-state index contributed by atoms with van der Waals surface area (Å²) in [7, 11) is 0. The van der Waals surface area contributed by atoms with Crippen LogP contribution in [0.1, 0.15) is 26.7 Å². The van der Waals surface area contributed by atoms with Crippen molar-refractivity contribution in [3.63, 3.8) is 0 Å². The van der Waals surface area contributed by atoms with E-state index in [0.29, 0.717) is 25.0 Å². The van der Waals surface area contributed by atoms with Crippen molar-refractivity contribution < 1.29 is 9.59 Å². The first kappa shape index (κ1) is 11.8. The molecule has 0 aliphatic carbocycles. The average molecular weight is 182 g/mol. The highest BCUT2D eigenvalue weighted by atomic mass is 16.2. The molecule has 0 unspecified atom stereocenters. The van der Waals surface area contributed by atoms with Gasteiger partial charge in [0.2, 0.25) is 6.08 Å². The topological polar surface area (TPSA) is 72.5 Å². The molecule has 0 fully saturated rings. The number of aliphatic imine (C=N–C) groups is 1. The van der Waals surface area contributed by atoms with Gasteiger partial charge in [-0.3, -0.25) is 4.79 Å². The fourth-order valence-corrected chi connectivity index (χ4v) is 1.11. The molecule has 0 aromatic carbocycles. The van der Waals surface area contributed by atoms with Gasteiger partial charge in [0.25, 0.3) is 5.91 Å². The number of hydrogen-bond donors (Lipinski definition) is 1. The van der Waals surface area contributed by atoms with Gasteiger partial charge in [-0.2, -0.15) is 0 Å². The summed E-state index contributed by atoms with van der Waals surface area (Å²) in [5, 5.41) is 0. The summed E-state index contributed by atoms with van der Waals surface area (Å²) in [6.45, 7) is 4.16. The molecule has 0 heterocycles. The van der Waals surface area contributed by atoms with Crippen LogP contribution in [0.3, 0.4) is 0 Å². The predicted octanol–water partition coefficient (Wildman–Crippen LogP) is 0.924. The lowest BCUT2D eigenvalue weighted by molar-refractivity contribution is -0.114. The van der Waals surface area contributed by atoms with Crippen molar-refractivity contribution in [2.24, 2.45) is 10.7 Å². The molecule has 13 heavy (non-hydrogen) atoms. The van der Waals surface area contributed by atoms with Gasteiger partial charge < -0.3 is 5.73 Å². The normalized spacial score (nSPS) is 11.6. The van der Waals surface area contributed by atoms with Gasteiger partial charge >= 0.3 is 0 Å². The van der Waals surface area contributed by atoms with E-state index < -0.39 is 5.91 Å². The standard InChI is InChI=1S/C9H14N2O2/c1-3-8(7(2)4-5-10)9(13)11-6-12/h3-5,10H2,1-2H3. The third-order valence-corrected chi connectivity index (χ3v) is 1.79. The highest BCUT2D eigenvalue weighted by Gasteiger charge is 2.08. The van der Waals surface area contributed by atoms with Gasteiger partial charge in [0.1, 0.15) is 0 Å². The first-order valence-electron chi connectivity index (χ1n) is 4.18. The van der Waals surface area contributed by atoms with Gasteiger partial charge in [-0.25, -0.2) is 4.79 Å². The van der Waals surface area contributed by atoms with Crippen molar-refractivity contribution in [3.05, 3.63) is 11.1 Å². The van der Waals surface area contributed by atoms with Crippen molar-refractivity contribution >= 4 is 12.0 Å². The van der Waals surface area contributed by atoms with Crippen LogP contribution in [0.25, 0.3) is 0 Å². The van der Waals surface area contributed by atoms with Gasteiger partial charge in [-0.05, 0) is 26.3 Å². The smallest absolute Gasteiger partial charge is 0.283 e. The molecule has 72 valence electrons. The molecule has 2 N–H and O–H groups in total. The summed E-state index contributed by atoms with van der Waals surface area (Å²) >= 11 is 0. The van der Waals surface area contributed by atoms with Gasteiger partial charge in [0, 0.05) is 5.57 Å². The molecule has 1 amide bonds. The average Bonchev–Trinajstić information content (AvgIpc) is 2.06. The first-order chi connectivity index (χ1) is 6.17. The van der Waals surface area contributed by atoms with Gasteiger partial charge in [-0.1, -0.05) is 12.5 Å². The molecule has 0 rings (SSSR count). The molecule has 0 aromatic heterocycles. The van der Waals surface area contributed by atoms with E-state index in [1.54, 1.807) is 0 Å². The van der Waals surface area contributed by atoms with Gasteiger partial charge in [0.15, 0.2) is 0 Å². The Morgan fingerprint density at radius 3 is 2.54 bits per heavy atom. The second-order valence-electron chi connectivity index (χ2n) is 2.66. The maximum Gasteiger partial charge on any atom is 0.283 e.